The number of amides is 2. The summed E-state index contributed by atoms with van der Waals surface area (Å²) in [5.41, 5.74) is 3.15. The van der Waals surface area contributed by atoms with E-state index >= 15 is 0 Å². The molecular formula is C33H35N5O4. The molecule has 0 unspecified atom stereocenters. The number of carbonyl (C=O) groups is 2. The van der Waals surface area contributed by atoms with Gasteiger partial charge < -0.3 is 24.2 Å². The fraction of sp³-hybridized carbons (Fsp3) is 0.273. The number of nitrogens with zero attached hydrogens (tertiary/aromatic N) is 5. The molecule has 9 heteroatoms. The first-order valence-electron chi connectivity index (χ1n) is 14.0. The molecule has 1 aliphatic heterocycles. The van der Waals surface area contributed by atoms with Gasteiger partial charge in [0.15, 0.2) is 17.3 Å². The molecule has 1 atom stereocenters. The number of methoxy groups -OCH3 is 2. The van der Waals surface area contributed by atoms with Gasteiger partial charge in [0.25, 0.3) is 5.91 Å². The number of anilines is 1. The molecule has 1 aliphatic rings. The highest BCUT2D eigenvalue weighted by Gasteiger charge is 2.29. The Balaban J connectivity index is 1.23. The SMILES string of the molecule is COc1ccc(-c2ccc(N3CCN(C(=O)CN(C(=O)c4ccccc4)[C@@H](C)c4ccccc4)CC3)nn2)cc1OC. The van der Waals surface area contributed by atoms with Crippen LogP contribution in [0.5, 0.6) is 11.5 Å². The van der Waals surface area contributed by atoms with E-state index in [9.17, 15) is 9.59 Å². The highest BCUT2D eigenvalue weighted by molar-refractivity contribution is 5.96. The van der Waals surface area contributed by atoms with E-state index in [0.29, 0.717) is 43.2 Å². The molecule has 9 nitrogen and oxygen atoms in total. The molecule has 0 bridgehead atoms. The third kappa shape index (κ3) is 6.35. The third-order valence-corrected chi connectivity index (χ3v) is 7.62. The molecule has 0 saturated carbocycles. The summed E-state index contributed by atoms with van der Waals surface area (Å²) in [5.74, 6) is 1.80. The van der Waals surface area contributed by atoms with E-state index in [-0.39, 0.29) is 24.4 Å². The molecule has 1 aromatic heterocycles. The van der Waals surface area contributed by atoms with Crippen LogP contribution in [0.15, 0.2) is 91.0 Å². The van der Waals surface area contributed by atoms with E-state index in [1.165, 1.54) is 0 Å². The lowest BCUT2D eigenvalue weighted by Gasteiger charge is -2.37. The number of aromatic nitrogens is 2. The summed E-state index contributed by atoms with van der Waals surface area (Å²) in [4.78, 5) is 32.6. The predicted octanol–water partition coefficient (Wildman–Crippen LogP) is 4.71. The number of benzene rings is 3. The van der Waals surface area contributed by atoms with Crippen LogP contribution in [-0.4, -0.2) is 78.8 Å². The van der Waals surface area contributed by atoms with Crippen molar-refractivity contribution in [2.24, 2.45) is 0 Å². The molecule has 3 aromatic carbocycles. The van der Waals surface area contributed by atoms with Gasteiger partial charge in [0, 0.05) is 37.3 Å². The topological polar surface area (TPSA) is 88.1 Å². The molecule has 0 radical (unpaired) electrons. The van der Waals surface area contributed by atoms with Crippen molar-refractivity contribution in [3.8, 4) is 22.8 Å². The largest absolute Gasteiger partial charge is 0.493 e. The van der Waals surface area contributed by atoms with E-state index in [1.807, 2.05) is 90.7 Å². The van der Waals surface area contributed by atoms with Gasteiger partial charge in [-0.1, -0.05) is 48.5 Å². The fourth-order valence-electron chi connectivity index (χ4n) is 5.12. The third-order valence-electron chi connectivity index (χ3n) is 7.62. The van der Waals surface area contributed by atoms with Gasteiger partial charge in [-0.15, -0.1) is 10.2 Å². The first-order chi connectivity index (χ1) is 20.5. The molecule has 216 valence electrons. The van der Waals surface area contributed by atoms with Crippen LogP contribution in [0.2, 0.25) is 0 Å². The molecule has 2 heterocycles. The van der Waals surface area contributed by atoms with E-state index in [1.54, 1.807) is 31.3 Å². The average molecular weight is 566 g/mol. The maximum absolute atomic E-state index is 13.5. The van der Waals surface area contributed by atoms with E-state index in [2.05, 4.69) is 15.1 Å². The summed E-state index contributed by atoms with van der Waals surface area (Å²) in [7, 11) is 3.20. The molecule has 0 aliphatic carbocycles. The lowest BCUT2D eigenvalue weighted by molar-refractivity contribution is -0.132. The Kier molecular flexibility index (Phi) is 8.96. The molecule has 2 amide bonds. The maximum atomic E-state index is 13.5. The highest BCUT2D eigenvalue weighted by atomic mass is 16.5. The molecule has 0 spiro atoms. The minimum atomic E-state index is -0.261. The van der Waals surface area contributed by atoms with Crippen LogP contribution >= 0.6 is 0 Å². The minimum absolute atomic E-state index is 0.00359. The Hall–Kier alpha value is -4.92. The van der Waals surface area contributed by atoms with Gasteiger partial charge in [-0.2, -0.15) is 0 Å². The summed E-state index contributed by atoms with van der Waals surface area (Å²) in [6.07, 6.45) is 0. The molecule has 0 N–H and O–H groups in total. The van der Waals surface area contributed by atoms with Gasteiger partial charge in [-0.05, 0) is 55.0 Å². The molecular weight excluding hydrogens is 530 g/mol. The quantitative estimate of drug-likeness (QED) is 0.290. The predicted molar refractivity (Wildman–Crippen MR) is 162 cm³/mol. The zero-order valence-electron chi connectivity index (χ0n) is 24.1. The first-order valence-corrected chi connectivity index (χ1v) is 14.0. The van der Waals surface area contributed by atoms with Crippen LogP contribution in [0.1, 0.15) is 28.9 Å². The fourth-order valence-corrected chi connectivity index (χ4v) is 5.12. The van der Waals surface area contributed by atoms with Gasteiger partial charge in [-0.25, -0.2) is 0 Å². The summed E-state index contributed by atoms with van der Waals surface area (Å²) in [6, 6.07) is 28.2. The Labute approximate surface area is 246 Å². The monoisotopic (exact) mass is 565 g/mol. The smallest absolute Gasteiger partial charge is 0.254 e. The lowest BCUT2D eigenvalue weighted by atomic mass is 10.1. The van der Waals surface area contributed by atoms with E-state index in [0.717, 1.165) is 22.6 Å². The van der Waals surface area contributed by atoms with Gasteiger partial charge in [-0.3, -0.25) is 9.59 Å². The Morgan fingerprint density at radius 2 is 1.48 bits per heavy atom. The molecule has 1 saturated heterocycles. The van der Waals surface area contributed by atoms with Crippen molar-refractivity contribution in [1.82, 2.24) is 20.0 Å². The maximum Gasteiger partial charge on any atom is 0.254 e. The van der Waals surface area contributed by atoms with Crippen molar-refractivity contribution in [2.45, 2.75) is 13.0 Å². The van der Waals surface area contributed by atoms with Crippen LogP contribution in [0, 0.1) is 0 Å². The first kappa shape index (κ1) is 28.6. The van der Waals surface area contributed by atoms with Crippen molar-refractivity contribution in [1.29, 1.82) is 0 Å². The van der Waals surface area contributed by atoms with Crippen molar-refractivity contribution in [3.63, 3.8) is 0 Å². The summed E-state index contributed by atoms with van der Waals surface area (Å²) in [5, 5.41) is 8.89. The second-order valence-electron chi connectivity index (χ2n) is 10.1. The standard InChI is InChI=1S/C33H35N5O4/c1-24(25-10-6-4-7-11-25)38(33(40)26-12-8-5-9-13-26)23-32(39)37-20-18-36(19-21-37)31-17-15-28(34-35-31)27-14-16-29(41-2)30(22-27)42-3/h4-17,22,24H,18-21,23H2,1-3H3/t24-/m0/s1. The van der Waals surface area contributed by atoms with E-state index in [4.69, 9.17) is 9.47 Å². The number of rotatable bonds is 9. The van der Waals surface area contributed by atoms with Crippen LogP contribution in [0.3, 0.4) is 0 Å². The van der Waals surface area contributed by atoms with Crippen LogP contribution in [-0.2, 0) is 4.79 Å². The van der Waals surface area contributed by atoms with Crippen molar-refractivity contribution < 1.29 is 19.1 Å². The van der Waals surface area contributed by atoms with Crippen molar-refractivity contribution in [3.05, 3.63) is 102 Å². The van der Waals surface area contributed by atoms with Crippen LogP contribution in [0.25, 0.3) is 11.3 Å². The molecule has 4 aromatic rings. The molecule has 42 heavy (non-hydrogen) atoms. The second-order valence-corrected chi connectivity index (χ2v) is 10.1. The second kappa shape index (κ2) is 13.2. The van der Waals surface area contributed by atoms with Gasteiger partial charge >= 0.3 is 0 Å². The number of piperazine rings is 1. The van der Waals surface area contributed by atoms with E-state index < -0.39 is 0 Å². The van der Waals surface area contributed by atoms with Gasteiger partial charge in [0.05, 0.1) is 26.0 Å². The number of ether oxygens (including phenoxy) is 2. The van der Waals surface area contributed by atoms with Crippen molar-refractivity contribution >= 4 is 17.6 Å². The van der Waals surface area contributed by atoms with Gasteiger partial charge in [0.1, 0.15) is 6.54 Å². The number of hydrogen-bond donors (Lipinski definition) is 0. The lowest BCUT2D eigenvalue weighted by Crippen LogP contribution is -2.52. The molecule has 5 rings (SSSR count). The highest BCUT2D eigenvalue weighted by Crippen LogP contribution is 2.31. The zero-order valence-corrected chi connectivity index (χ0v) is 24.1. The normalized spacial score (nSPS) is 13.8. The van der Waals surface area contributed by atoms with Crippen molar-refractivity contribution in [2.75, 3.05) is 51.8 Å². The Bertz CT molecular complexity index is 1490. The van der Waals surface area contributed by atoms with Crippen LogP contribution in [0.4, 0.5) is 5.82 Å². The Morgan fingerprint density at radius 1 is 0.810 bits per heavy atom. The summed E-state index contributed by atoms with van der Waals surface area (Å²) in [6.45, 7) is 4.28. The summed E-state index contributed by atoms with van der Waals surface area (Å²) >= 11 is 0. The zero-order chi connectivity index (χ0) is 29.5. The summed E-state index contributed by atoms with van der Waals surface area (Å²) < 4.78 is 10.7. The average Bonchev–Trinajstić information content (AvgIpc) is 3.07. The molecule has 1 fully saturated rings. The number of hydrogen-bond acceptors (Lipinski definition) is 7. The van der Waals surface area contributed by atoms with Crippen LogP contribution < -0.4 is 14.4 Å². The minimum Gasteiger partial charge on any atom is -0.493 e. The van der Waals surface area contributed by atoms with Gasteiger partial charge in [0.2, 0.25) is 5.91 Å². The Morgan fingerprint density at radius 3 is 2.10 bits per heavy atom. The number of carbonyl (C=O) groups excluding carboxylic acids is 2.